The average Bonchev–Trinajstić information content (AvgIpc) is 2.47. The second-order valence-electron chi connectivity index (χ2n) is 4.55. The Labute approximate surface area is 118 Å². The zero-order valence-corrected chi connectivity index (χ0v) is 11.6. The number of hydrogen-bond acceptors (Lipinski definition) is 3. The Morgan fingerprint density at radius 1 is 1.20 bits per heavy atom. The standard InChI is InChI=1S/C16H18FNO2/c1-3-15(11-4-7-13(19)8-5-11)18-12-6-9-14(17)16(10-12)20-2/h4-10,15,18-19H,3H2,1-2H3. The summed E-state index contributed by atoms with van der Waals surface area (Å²) < 4.78 is 18.4. The van der Waals surface area contributed by atoms with Crippen LogP contribution in [0, 0.1) is 5.82 Å². The van der Waals surface area contributed by atoms with Gasteiger partial charge in [-0.3, -0.25) is 0 Å². The van der Waals surface area contributed by atoms with Gasteiger partial charge in [-0.15, -0.1) is 0 Å². The summed E-state index contributed by atoms with van der Waals surface area (Å²) in [7, 11) is 1.44. The van der Waals surface area contributed by atoms with Crippen molar-refractivity contribution in [3.05, 3.63) is 53.8 Å². The second kappa shape index (κ2) is 6.28. The van der Waals surface area contributed by atoms with Crippen molar-refractivity contribution in [1.82, 2.24) is 0 Å². The van der Waals surface area contributed by atoms with Gasteiger partial charge in [0, 0.05) is 11.8 Å². The van der Waals surface area contributed by atoms with Crippen molar-refractivity contribution < 1.29 is 14.2 Å². The summed E-state index contributed by atoms with van der Waals surface area (Å²) in [6.45, 7) is 2.06. The normalized spacial score (nSPS) is 11.9. The maximum atomic E-state index is 13.4. The van der Waals surface area contributed by atoms with Gasteiger partial charge in [-0.05, 0) is 36.2 Å². The number of rotatable bonds is 5. The molecule has 0 fully saturated rings. The number of anilines is 1. The first-order valence-electron chi connectivity index (χ1n) is 6.53. The summed E-state index contributed by atoms with van der Waals surface area (Å²) in [6, 6.07) is 11.8. The molecule has 3 nitrogen and oxygen atoms in total. The third-order valence-electron chi connectivity index (χ3n) is 3.20. The molecule has 0 heterocycles. The van der Waals surface area contributed by atoms with E-state index in [1.807, 2.05) is 12.1 Å². The molecule has 0 spiro atoms. The molecule has 0 bridgehead atoms. The van der Waals surface area contributed by atoms with Gasteiger partial charge in [0.05, 0.1) is 13.2 Å². The highest BCUT2D eigenvalue weighted by molar-refractivity contribution is 5.50. The van der Waals surface area contributed by atoms with Gasteiger partial charge in [0.15, 0.2) is 11.6 Å². The predicted octanol–water partition coefficient (Wildman–Crippen LogP) is 4.10. The summed E-state index contributed by atoms with van der Waals surface area (Å²) in [4.78, 5) is 0. The Bertz CT molecular complexity index is 569. The summed E-state index contributed by atoms with van der Waals surface area (Å²) in [5.41, 5.74) is 1.86. The van der Waals surface area contributed by atoms with Gasteiger partial charge in [-0.1, -0.05) is 19.1 Å². The number of halogens is 1. The molecule has 0 saturated heterocycles. The quantitative estimate of drug-likeness (QED) is 0.863. The minimum absolute atomic E-state index is 0.0887. The first-order chi connectivity index (χ1) is 9.63. The van der Waals surface area contributed by atoms with Gasteiger partial charge in [-0.2, -0.15) is 0 Å². The molecule has 2 aromatic carbocycles. The van der Waals surface area contributed by atoms with Crippen LogP contribution in [-0.4, -0.2) is 12.2 Å². The molecule has 4 heteroatoms. The Morgan fingerprint density at radius 3 is 2.50 bits per heavy atom. The van der Waals surface area contributed by atoms with Gasteiger partial charge in [0.1, 0.15) is 5.75 Å². The number of phenolic OH excluding ortho intramolecular Hbond substituents is 1. The van der Waals surface area contributed by atoms with Crippen molar-refractivity contribution in [3.63, 3.8) is 0 Å². The van der Waals surface area contributed by atoms with Gasteiger partial charge in [0.2, 0.25) is 0 Å². The van der Waals surface area contributed by atoms with E-state index in [0.29, 0.717) is 0 Å². The fourth-order valence-corrected chi connectivity index (χ4v) is 2.08. The van der Waals surface area contributed by atoms with Gasteiger partial charge >= 0.3 is 0 Å². The van der Waals surface area contributed by atoms with Crippen LogP contribution in [0.1, 0.15) is 24.9 Å². The van der Waals surface area contributed by atoms with Gasteiger partial charge < -0.3 is 15.2 Å². The molecule has 2 aromatic rings. The van der Waals surface area contributed by atoms with Crippen LogP contribution in [0.25, 0.3) is 0 Å². The number of methoxy groups -OCH3 is 1. The van der Waals surface area contributed by atoms with Crippen molar-refractivity contribution in [2.75, 3.05) is 12.4 Å². The summed E-state index contributed by atoms with van der Waals surface area (Å²) in [6.07, 6.45) is 0.866. The minimum Gasteiger partial charge on any atom is -0.508 e. The Morgan fingerprint density at radius 2 is 1.90 bits per heavy atom. The van der Waals surface area contributed by atoms with E-state index in [1.165, 1.54) is 13.2 Å². The predicted molar refractivity (Wildman–Crippen MR) is 77.7 cm³/mol. The van der Waals surface area contributed by atoms with E-state index in [9.17, 15) is 9.50 Å². The monoisotopic (exact) mass is 275 g/mol. The van der Waals surface area contributed by atoms with Crippen LogP contribution < -0.4 is 10.1 Å². The fraction of sp³-hybridized carbons (Fsp3) is 0.250. The van der Waals surface area contributed by atoms with E-state index in [0.717, 1.165) is 17.7 Å². The zero-order chi connectivity index (χ0) is 14.5. The highest BCUT2D eigenvalue weighted by atomic mass is 19.1. The van der Waals surface area contributed by atoms with E-state index in [-0.39, 0.29) is 23.4 Å². The largest absolute Gasteiger partial charge is 0.508 e. The van der Waals surface area contributed by atoms with Crippen LogP contribution >= 0.6 is 0 Å². The van der Waals surface area contributed by atoms with Crippen molar-refractivity contribution in [2.45, 2.75) is 19.4 Å². The molecule has 0 aliphatic heterocycles. The molecule has 2 rings (SSSR count). The third kappa shape index (κ3) is 3.20. The molecule has 0 amide bonds. The van der Waals surface area contributed by atoms with E-state index in [1.54, 1.807) is 24.3 Å². The summed E-state index contributed by atoms with van der Waals surface area (Å²) in [5.74, 6) is 0.0818. The highest BCUT2D eigenvalue weighted by Crippen LogP contribution is 2.27. The van der Waals surface area contributed by atoms with E-state index < -0.39 is 0 Å². The first-order valence-corrected chi connectivity index (χ1v) is 6.53. The van der Waals surface area contributed by atoms with E-state index in [4.69, 9.17) is 4.74 Å². The molecule has 0 aromatic heterocycles. The lowest BCUT2D eigenvalue weighted by molar-refractivity contribution is 0.386. The van der Waals surface area contributed by atoms with Crippen molar-refractivity contribution >= 4 is 5.69 Å². The number of aromatic hydroxyl groups is 1. The van der Waals surface area contributed by atoms with Gasteiger partial charge in [0.25, 0.3) is 0 Å². The molecule has 2 N–H and O–H groups in total. The Hall–Kier alpha value is -2.23. The molecule has 20 heavy (non-hydrogen) atoms. The van der Waals surface area contributed by atoms with Crippen molar-refractivity contribution in [3.8, 4) is 11.5 Å². The third-order valence-corrected chi connectivity index (χ3v) is 3.20. The van der Waals surface area contributed by atoms with Crippen LogP contribution in [0.3, 0.4) is 0 Å². The molecule has 0 radical (unpaired) electrons. The topological polar surface area (TPSA) is 41.5 Å². The SMILES string of the molecule is CCC(Nc1ccc(F)c(OC)c1)c1ccc(O)cc1. The molecule has 0 saturated carbocycles. The lowest BCUT2D eigenvalue weighted by atomic mass is 10.0. The average molecular weight is 275 g/mol. The molecule has 0 aliphatic rings. The second-order valence-corrected chi connectivity index (χ2v) is 4.55. The van der Waals surface area contributed by atoms with Crippen LogP contribution in [0.15, 0.2) is 42.5 Å². The fourth-order valence-electron chi connectivity index (χ4n) is 2.08. The van der Waals surface area contributed by atoms with Crippen LogP contribution in [0.5, 0.6) is 11.5 Å². The van der Waals surface area contributed by atoms with Crippen LogP contribution in [0.4, 0.5) is 10.1 Å². The molecule has 106 valence electrons. The molecule has 0 aliphatic carbocycles. The lowest BCUT2D eigenvalue weighted by Crippen LogP contribution is -2.09. The minimum atomic E-state index is -0.379. The number of nitrogens with one attached hydrogen (secondary N) is 1. The van der Waals surface area contributed by atoms with Crippen molar-refractivity contribution in [1.29, 1.82) is 0 Å². The lowest BCUT2D eigenvalue weighted by Gasteiger charge is -2.19. The zero-order valence-electron chi connectivity index (χ0n) is 11.6. The highest BCUT2D eigenvalue weighted by Gasteiger charge is 2.11. The van der Waals surface area contributed by atoms with Crippen molar-refractivity contribution in [2.24, 2.45) is 0 Å². The molecular weight excluding hydrogens is 257 g/mol. The van der Waals surface area contributed by atoms with Gasteiger partial charge in [-0.25, -0.2) is 4.39 Å². The maximum Gasteiger partial charge on any atom is 0.165 e. The molecular formula is C16H18FNO2. The maximum absolute atomic E-state index is 13.4. The van der Waals surface area contributed by atoms with Crippen LogP contribution in [-0.2, 0) is 0 Å². The Balaban J connectivity index is 2.19. The number of phenols is 1. The van der Waals surface area contributed by atoms with E-state index in [2.05, 4.69) is 12.2 Å². The number of hydrogen-bond donors (Lipinski definition) is 2. The van der Waals surface area contributed by atoms with E-state index >= 15 is 0 Å². The smallest absolute Gasteiger partial charge is 0.165 e. The summed E-state index contributed by atoms with van der Waals surface area (Å²) in [5, 5.41) is 12.7. The number of ether oxygens (including phenoxy) is 1. The molecule has 1 atom stereocenters. The summed E-state index contributed by atoms with van der Waals surface area (Å²) >= 11 is 0. The Kier molecular flexibility index (Phi) is 4.45. The number of benzene rings is 2. The molecule has 1 unspecified atom stereocenters. The first kappa shape index (κ1) is 14.2. The van der Waals surface area contributed by atoms with Crippen LogP contribution in [0.2, 0.25) is 0 Å².